The van der Waals surface area contributed by atoms with Crippen LogP contribution in [0.15, 0.2) is 48.8 Å². The number of hydrogen-bond donors (Lipinski definition) is 2. The molecule has 2 N–H and O–H groups in total. The number of anilines is 2. The first-order chi connectivity index (χ1) is 15.0. The molecule has 0 amide bonds. The molecule has 3 rings (SSSR count). The van der Waals surface area contributed by atoms with Crippen LogP contribution in [0.3, 0.4) is 0 Å². The predicted octanol–water partition coefficient (Wildman–Crippen LogP) is 4.32. The van der Waals surface area contributed by atoms with Gasteiger partial charge in [-0.05, 0) is 35.7 Å². The number of nitro groups is 1. The highest BCUT2D eigenvalue weighted by molar-refractivity contribution is 6.31. The zero-order valence-corrected chi connectivity index (χ0v) is 17.8. The van der Waals surface area contributed by atoms with Gasteiger partial charge in [-0.15, -0.1) is 0 Å². The second-order valence-corrected chi connectivity index (χ2v) is 6.89. The van der Waals surface area contributed by atoms with Crippen LogP contribution in [-0.4, -0.2) is 35.7 Å². The molecule has 31 heavy (non-hydrogen) atoms. The SMILES string of the molecule is COc1ccc(CCNc2ncnc(NCc3ccccc3Cl)c2[N+](=O)[O-])cc1OC. The van der Waals surface area contributed by atoms with E-state index >= 15 is 0 Å². The third-order valence-electron chi connectivity index (χ3n) is 4.56. The van der Waals surface area contributed by atoms with Crippen LogP contribution in [0.1, 0.15) is 11.1 Å². The third kappa shape index (κ3) is 5.52. The quantitative estimate of drug-likeness (QED) is 0.352. The fourth-order valence-electron chi connectivity index (χ4n) is 2.99. The summed E-state index contributed by atoms with van der Waals surface area (Å²) < 4.78 is 10.5. The lowest BCUT2D eigenvalue weighted by Crippen LogP contribution is -2.12. The minimum Gasteiger partial charge on any atom is -0.493 e. The number of nitrogens with one attached hydrogen (secondary N) is 2. The molecule has 2 aromatic carbocycles. The van der Waals surface area contributed by atoms with Crippen LogP contribution in [0.2, 0.25) is 5.02 Å². The Labute approximate surface area is 184 Å². The van der Waals surface area contributed by atoms with Crippen LogP contribution in [0.5, 0.6) is 11.5 Å². The van der Waals surface area contributed by atoms with Gasteiger partial charge in [0.2, 0.25) is 11.6 Å². The van der Waals surface area contributed by atoms with E-state index < -0.39 is 4.92 Å². The first-order valence-corrected chi connectivity index (χ1v) is 9.82. The van der Waals surface area contributed by atoms with Gasteiger partial charge < -0.3 is 20.1 Å². The van der Waals surface area contributed by atoms with Gasteiger partial charge in [0.1, 0.15) is 6.33 Å². The summed E-state index contributed by atoms with van der Waals surface area (Å²) in [5.41, 5.74) is 1.57. The molecule has 0 spiro atoms. The van der Waals surface area contributed by atoms with Gasteiger partial charge in [-0.3, -0.25) is 10.1 Å². The molecule has 1 aromatic heterocycles. The van der Waals surface area contributed by atoms with Crippen molar-refractivity contribution in [2.24, 2.45) is 0 Å². The number of aromatic nitrogens is 2. The molecule has 0 saturated carbocycles. The second kappa shape index (κ2) is 10.4. The number of halogens is 1. The summed E-state index contributed by atoms with van der Waals surface area (Å²) in [6.07, 6.45) is 1.88. The van der Waals surface area contributed by atoms with Gasteiger partial charge in [-0.25, -0.2) is 9.97 Å². The fourth-order valence-corrected chi connectivity index (χ4v) is 3.20. The molecule has 10 heteroatoms. The van der Waals surface area contributed by atoms with E-state index in [1.807, 2.05) is 36.4 Å². The molecule has 9 nitrogen and oxygen atoms in total. The molecule has 0 saturated heterocycles. The Balaban J connectivity index is 1.70. The summed E-state index contributed by atoms with van der Waals surface area (Å²) in [5, 5.41) is 18.3. The van der Waals surface area contributed by atoms with E-state index in [-0.39, 0.29) is 17.3 Å². The average molecular weight is 444 g/mol. The van der Waals surface area contributed by atoms with E-state index in [1.165, 1.54) is 6.33 Å². The van der Waals surface area contributed by atoms with Crippen molar-refractivity contribution in [2.45, 2.75) is 13.0 Å². The van der Waals surface area contributed by atoms with E-state index in [0.717, 1.165) is 11.1 Å². The molecule has 1 heterocycles. The average Bonchev–Trinajstić information content (AvgIpc) is 2.78. The molecule has 0 aliphatic rings. The van der Waals surface area contributed by atoms with Gasteiger partial charge in [-0.1, -0.05) is 35.9 Å². The Morgan fingerprint density at radius 3 is 2.42 bits per heavy atom. The van der Waals surface area contributed by atoms with Gasteiger partial charge in [-0.2, -0.15) is 0 Å². The zero-order chi connectivity index (χ0) is 22.2. The highest BCUT2D eigenvalue weighted by Crippen LogP contribution is 2.30. The van der Waals surface area contributed by atoms with Crippen molar-refractivity contribution in [3.63, 3.8) is 0 Å². The number of hydrogen-bond acceptors (Lipinski definition) is 8. The maximum absolute atomic E-state index is 11.7. The van der Waals surface area contributed by atoms with Crippen molar-refractivity contribution in [3.8, 4) is 11.5 Å². The molecular weight excluding hydrogens is 422 g/mol. The largest absolute Gasteiger partial charge is 0.493 e. The lowest BCUT2D eigenvalue weighted by atomic mass is 10.1. The first kappa shape index (κ1) is 22.1. The molecule has 0 radical (unpaired) electrons. The first-order valence-electron chi connectivity index (χ1n) is 9.45. The molecule has 0 unspecified atom stereocenters. The van der Waals surface area contributed by atoms with E-state index in [2.05, 4.69) is 20.6 Å². The highest BCUT2D eigenvalue weighted by atomic mass is 35.5. The predicted molar refractivity (Wildman–Crippen MR) is 119 cm³/mol. The fraction of sp³-hybridized carbons (Fsp3) is 0.238. The summed E-state index contributed by atoms with van der Waals surface area (Å²) in [5.74, 6) is 1.52. The Hall–Kier alpha value is -3.59. The molecule has 3 aromatic rings. The van der Waals surface area contributed by atoms with Crippen molar-refractivity contribution in [2.75, 3.05) is 31.4 Å². The number of methoxy groups -OCH3 is 2. The van der Waals surface area contributed by atoms with Gasteiger partial charge in [0.05, 0.1) is 19.1 Å². The van der Waals surface area contributed by atoms with Crippen LogP contribution in [-0.2, 0) is 13.0 Å². The van der Waals surface area contributed by atoms with Crippen LogP contribution in [0, 0.1) is 10.1 Å². The van der Waals surface area contributed by atoms with Crippen molar-refractivity contribution in [1.82, 2.24) is 9.97 Å². The molecule has 0 atom stereocenters. The van der Waals surface area contributed by atoms with Gasteiger partial charge >= 0.3 is 5.69 Å². The summed E-state index contributed by atoms with van der Waals surface area (Å²) in [6.45, 7) is 0.722. The van der Waals surface area contributed by atoms with Crippen LogP contribution < -0.4 is 20.1 Å². The van der Waals surface area contributed by atoms with Gasteiger partial charge in [0, 0.05) is 18.1 Å². The monoisotopic (exact) mass is 443 g/mol. The molecule has 0 fully saturated rings. The second-order valence-electron chi connectivity index (χ2n) is 6.49. The van der Waals surface area contributed by atoms with E-state index in [0.29, 0.717) is 36.0 Å². The minimum atomic E-state index is -0.506. The maximum atomic E-state index is 11.7. The number of benzene rings is 2. The summed E-state index contributed by atoms with van der Waals surface area (Å²) in [7, 11) is 3.14. The number of nitrogens with zero attached hydrogens (tertiary/aromatic N) is 3. The Morgan fingerprint density at radius 2 is 1.74 bits per heavy atom. The van der Waals surface area contributed by atoms with Gasteiger partial charge in [0.25, 0.3) is 0 Å². The van der Waals surface area contributed by atoms with Crippen LogP contribution >= 0.6 is 11.6 Å². The normalized spacial score (nSPS) is 10.4. The lowest BCUT2D eigenvalue weighted by Gasteiger charge is -2.12. The highest BCUT2D eigenvalue weighted by Gasteiger charge is 2.22. The van der Waals surface area contributed by atoms with Crippen LogP contribution in [0.4, 0.5) is 17.3 Å². The van der Waals surface area contributed by atoms with Crippen molar-refractivity contribution in [3.05, 3.63) is 75.1 Å². The molecule has 0 bridgehead atoms. The Morgan fingerprint density at radius 1 is 1.03 bits per heavy atom. The number of rotatable bonds is 10. The lowest BCUT2D eigenvalue weighted by molar-refractivity contribution is -0.383. The zero-order valence-electron chi connectivity index (χ0n) is 17.1. The topological polar surface area (TPSA) is 111 Å². The Bertz CT molecular complexity index is 1060. The summed E-state index contributed by atoms with van der Waals surface area (Å²) in [6, 6.07) is 12.9. The molecule has 162 valence electrons. The molecule has 0 aliphatic heterocycles. The van der Waals surface area contributed by atoms with Crippen molar-refractivity contribution in [1.29, 1.82) is 0 Å². The Kier molecular flexibility index (Phi) is 7.45. The van der Waals surface area contributed by atoms with Crippen molar-refractivity contribution < 1.29 is 14.4 Å². The minimum absolute atomic E-state index is 0.119. The molecule has 0 aliphatic carbocycles. The third-order valence-corrected chi connectivity index (χ3v) is 4.93. The smallest absolute Gasteiger partial charge is 0.353 e. The standard InChI is InChI=1S/C21H22ClN5O4/c1-30-17-8-7-14(11-18(17)31-2)9-10-23-20-19(27(28)29)21(26-13-25-20)24-12-15-5-3-4-6-16(15)22/h3-8,11,13H,9-10,12H2,1-2H3,(H2,23,24,25,26). The maximum Gasteiger partial charge on any atom is 0.353 e. The van der Waals surface area contributed by atoms with Gasteiger partial charge in [0.15, 0.2) is 11.5 Å². The van der Waals surface area contributed by atoms with E-state index in [9.17, 15) is 10.1 Å². The summed E-state index contributed by atoms with van der Waals surface area (Å²) >= 11 is 6.16. The van der Waals surface area contributed by atoms with Crippen LogP contribution in [0.25, 0.3) is 0 Å². The van der Waals surface area contributed by atoms with E-state index in [4.69, 9.17) is 21.1 Å². The summed E-state index contributed by atoms with van der Waals surface area (Å²) in [4.78, 5) is 19.3. The van der Waals surface area contributed by atoms with Crippen molar-refractivity contribution >= 4 is 28.9 Å². The number of ether oxygens (including phenoxy) is 2. The molecular formula is C21H22ClN5O4. The van der Waals surface area contributed by atoms with E-state index in [1.54, 1.807) is 20.3 Å².